The minimum atomic E-state index is 0.455. The molecule has 3 aromatic carbocycles. The van der Waals surface area contributed by atoms with Crippen LogP contribution < -0.4 is 9.47 Å². The van der Waals surface area contributed by atoms with E-state index in [2.05, 4.69) is 38.1 Å². The maximum Gasteiger partial charge on any atom is 0.161 e. The van der Waals surface area contributed by atoms with E-state index in [9.17, 15) is 5.26 Å². The molecule has 0 aliphatic rings. The zero-order chi connectivity index (χ0) is 23.2. The number of thiazole rings is 1. The standard InChI is InChI=1S/C28H24N2O2S/c1-19-9-11-24(20(2)13-19)25-18-33-28(30-25)23(16-29)14-22-10-12-26(27(15-22)31-3)32-17-21-7-5-4-6-8-21/h4-15,18H,17H2,1-3H3/b23-14-. The summed E-state index contributed by atoms with van der Waals surface area (Å²) in [6.07, 6.45) is 1.83. The van der Waals surface area contributed by atoms with Crippen LogP contribution >= 0.6 is 11.3 Å². The summed E-state index contributed by atoms with van der Waals surface area (Å²) in [7, 11) is 1.61. The molecule has 0 N–H and O–H groups in total. The summed E-state index contributed by atoms with van der Waals surface area (Å²) in [5, 5.41) is 12.5. The fourth-order valence-corrected chi connectivity index (χ4v) is 4.34. The Morgan fingerprint density at radius 2 is 1.85 bits per heavy atom. The molecule has 0 saturated heterocycles. The van der Waals surface area contributed by atoms with E-state index in [-0.39, 0.29) is 0 Å². The van der Waals surface area contributed by atoms with Crippen LogP contribution in [0.5, 0.6) is 11.5 Å². The molecule has 0 amide bonds. The molecule has 164 valence electrons. The highest BCUT2D eigenvalue weighted by atomic mass is 32.1. The predicted molar refractivity (Wildman–Crippen MR) is 134 cm³/mol. The van der Waals surface area contributed by atoms with Gasteiger partial charge in [-0.3, -0.25) is 0 Å². The van der Waals surface area contributed by atoms with Crippen molar-refractivity contribution in [3.63, 3.8) is 0 Å². The minimum absolute atomic E-state index is 0.455. The lowest BCUT2D eigenvalue weighted by atomic mass is 10.0. The van der Waals surface area contributed by atoms with Crippen molar-refractivity contribution in [2.45, 2.75) is 20.5 Å². The maximum absolute atomic E-state index is 9.80. The Kier molecular flexibility index (Phi) is 6.87. The maximum atomic E-state index is 9.80. The molecular formula is C28H24N2O2S. The van der Waals surface area contributed by atoms with Gasteiger partial charge in [-0.15, -0.1) is 11.3 Å². The van der Waals surface area contributed by atoms with Crippen molar-refractivity contribution >= 4 is 23.0 Å². The van der Waals surface area contributed by atoms with Gasteiger partial charge in [0.05, 0.1) is 18.4 Å². The van der Waals surface area contributed by atoms with Gasteiger partial charge in [-0.2, -0.15) is 5.26 Å². The summed E-state index contributed by atoms with van der Waals surface area (Å²) in [6, 6.07) is 24.2. The summed E-state index contributed by atoms with van der Waals surface area (Å²) in [5.41, 5.74) is 6.80. The van der Waals surface area contributed by atoms with Gasteiger partial charge in [0.15, 0.2) is 11.5 Å². The lowest BCUT2D eigenvalue weighted by Crippen LogP contribution is -1.97. The lowest BCUT2D eigenvalue weighted by Gasteiger charge is -2.11. The number of ether oxygens (including phenoxy) is 2. The average molecular weight is 453 g/mol. The number of nitriles is 1. The van der Waals surface area contributed by atoms with Crippen LogP contribution in [0.15, 0.2) is 72.1 Å². The molecule has 0 bridgehead atoms. The van der Waals surface area contributed by atoms with Crippen LogP contribution in [0.25, 0.3) is 22.9 Å². The van der Waals surface area contributed by atoms with E-state index in [0.717, 1.165) is 22.4 Å². The molecule has 1 heterocycles. The summed E-state index contributed by atoms with van der Waals surface area (Å²) >= 11 is 1.47. The Morgan fingerprint density at radius 3 is 2.58 bits per heavy atom. The van der Waals surface area contributed by atoms with Crippen molar-refractivity contribution in [1.82, 2.24) is 4.98 Å². The van der Waals surface area contributed by atoms with Gasteiger partial charge < -0.3 is 9.47 Å². The molecule has 0 atom stereocenters. The topological polar surface area (TPSA) is 55.1 Å². The van der Waals surface area contributed by atoms with Gasteiger partial charge in [-0.25, -0.2) is 4.98 Å². The van der Waals surface area contributed by atoms with Crippen molar-refractivity contribution in [3.05, 3.63) is 99.4 Å². The van der Waals surface area contributed by atoms with E-state index in [1.165, 1.54) is 22.5 Å². The molecule has 0 saturated carbocycles. The number of hydrogen-bond acceptors (Lipinski definition) is 5. The van der Waals surface area contributed by atoms with Gasteiger partial charge in [-0.1, -0.05) is 60.2 Å². The van der Waals surface area contributed by atoms with Crippen LogP contribution in [0.1, 0.15) is 27.3 Å². The fourth-order valence-electron chi connectivity index (χ4n) is 3.56. The van der Waals surface area contributed by atoms with E-state index in [1.54, 1.807) is 7.11 Å². The largest absolute Gasteiger partial charge is 0.493 e. The van der Waals surface area contributed by atoms with E-state index in [4.69, 9.17) is 14.5 Å². The average Bonchev–Trinajstić information content (AvgIpc) is 3.31. The van der Waals surface area contributed by atoms with E-state index in [0.29, 0.717) is 28.7 Å². The Bertz CT molecular complexity index is 1330. The van der Waals surface area contributed by atoms with Gasteiger partial charge in [0.1, 0.15) is 17.7 Å². The van der Waals surface area contributed by atoms with Crippen LogP contribution in [0, 0.1) is 25.2 Å². The first kappa shape index (κ1) is 22.3. The highest BCUT2D eigenvalue weighted by Crippen LogP contribution is 2.32. The molecule has 0 aliphatic carbocycles. The first-order valence-electron chi connectivity index (χ1n) is 10.6. The monoisotopic (exact) mass is 452 g/mol. The molecule has 33 heavy (non-hydrogen) atoms. The third-order valence-corrected chi connectivity index (χ3v) is 6.12. The van der Waals surface area contributed by atoms with Crippen molar-refractivity contribution in [1.29, 1.82) is 5.26 Å². The van der Waals surface area contributed by atoms with Crippen LogP contribution in [0.3, 0.4) is 0 Å². The second kappa shape index (κ2) is 10.2. The molecule has 0 radical (unpaired) electrons. The van der Waals surface area contributed by atoms with E-state index >= 15 is 0 Å². The van der Waals surface area contributed by atoms with Gasteiger partial charge in [0, 0.05) is 10.9 Å². The SMILES string of the molecule is COc1cc(/C=C(/C#N)c2nc(-c3ccc(C)cc3C)cs2)ccc1OCc1ccccc1. The van der Waals surface area contributed by atoms with Crippen molar-refractivity contribution < 1.29 is 9.47 Å². The minimum Gasteiger partial charge on any atom is -0.493 e. The number of hydrogen-bond donors (Lipinski definition) is 0. The first-order chi connectivity index (χ1) is 16.1. The molecular weight excluding hydrogens is 428 g/mol. The second-order valence-electron chi connectivity index (χ2n) is 7.71. The summed E-state index contributed by atoms with van der Waals surface area (Å²) in [6.45, 7) is 4.61. The third kappa shape index (κ3) is 5.31. The highest BCUT2D eigenvalue weighted by Gasteiger charge is 2.12. The molecule has 4 nitrogen and oxygen atoms in total. The molecule has 5 heteroatoms. The van der Waals surface area contributed by atoms with Crippen molar-refractivity contribution in [2.24, 2.45) is 0 Å². The van der Waals surface area contributed by atoms with Gasteiger partial charge in [-0.05, 0) is 48.7 Å². The molecule has 0 spiro atoms. The summed E-state index contributed by atoms with van der Waals surface area (Å²) < 4.78 is 11.5. The Hall–Kier alpha value is -3.88. The Balaban J connectivity index is 1.57. The number of aryl methyl sites for hydroxylation is 2. The number of nitrogens with zero attached hydrogens (tertiary/aromatic N) is 2. The van der Waals surface area contributed by atoms with Crippen molar-refractivity contribution in [2.75, 3.05) is 7.11 Å². The molecule has 0 fully saturated rings. The zero-order valence-corrected chi connectivity index (χ0v) is 19.6. The summed E-state index contributed by atoms with van der Waals surface area (Å²) in [4.78, 5) is 4.73. The summed E-state index contributed by atoms with van der Waals surface area (Å²) in [5.74, 6) is 1.27. The van der Waals surface area contributed by atoms with Gasteiger partial charge in [0.25, 0.3) is 0 Å². The molecule has 1 aromatic heterocycles. The number of methoxy groups -OCH3 is 1. The Labute approximate surface area is 198 Å². The molecule has 0 unspecified atom stereocenters. The van der Waals surface area contributed by atoms with Gasteiger partial charge >= 0.3 is 0 Å². The number of rotatable bonds is 7. The number of aromatic nitrogens is 1. The number of benzene rings is 3. The van der Waals surface area contributed by atoms with Crippen molar-refractivity contribution in [3.8, 4) is 28.8 Å². The van der Waals surface area contributed by atoms with Crippen LogP contribution in [-0.2, 0) is 6.61 Å². The molecule has 4 rings (SSSR count). The normalized spacial score (nSPS) is 11.2. The molecule has 4 aromatic rings. The van der Waals surface area contributed by atoms with E-state index in [1.807, 2.05) is 60.0 Å². The van der Waals surface area contributed by atoms with Crippen LogP contribution in [-0.4, -0.2) is 12.1 Å². The van der Waals surface area contributed by atoms with Crippen LogP contribution in [0.4, 0.5) is 0 Å². The highest BCUT2D eigenvalue weighted by molar-refractivity contribution is 7.11. The second-order valence-corrected chi connectivity index (χ2v) is 8.57. The van der Waals surface area contributed by atoms with Gasteiger partial charge in [0.2, 0.25) is 0 Å². The van der Waals surface area contributed by atoms with E-state index < -0.39 is 0 Å². The third-order valence-electron chi connectivity index (χ3n) is 5.25. The lowest BCUT2D eigenvalue weighted by molar-refractivity contribution is 0.284. The smallest absolute Gasteiger partial charge is 0.161 e. The number of allylic oxidation sites excluding steroid dienone is 1. The molecule has 0 aliphatic heterocycles. The zero-order valence-electron chi connectivity index (χ0n) is 18.8. The Morgan fingerprint density at radius 1 is 1.03 bits per heavy atom. The fraction of sp³-hybridized carbons (Fsp3) is 0.143. The first-order valence-corrected chi connectivity index (χ1v) is 11.5. The van der Waals surface area contributed by atoms with Crippen LogP contribution in [0.2, 0.25) is 0 Å². The predicted octanol–water partition coefficient (Wildman–Crippen LogP) is 7.08. The quantitative estimate of drug-likeness (QED) is 0.281.